The van der Waals surface area contributed by atoms with Gasteiger partial charge in [0.25, 0.3) is 0 Å². The Kier molecular flexibility index (Phi) is 11.6. The van der Waals surface area contributed by atoms with Crippen molar-refractivity contribution in [3.8, 4) is 0 Å². The predicted molar refractivity (Wildman–Crippen MR) is 192 cm³/mol. The lowest BCUT2D eigenvalue weighted by molar-refractivity contribution is -0.247. The monoisotopic (exact) mass is 758 g/mol. The Hall–Kier alpha value is -3.71. The number of fused-ring (bicyclic) bond motifs is 5. The van der Waals surface area contributed by atoms with Crippen molar-refractivity contribution in [2.24, 2.45) is 39.9 Å². The van der Waals surface area contributed by atoms with Crippen LogP contribution in [0.4, 0.5) is 0 Å². The van der Waals surface area contributed by atoms with E-state index < -0.39 is 112 Å². The fraction of sp³-hybridized carbons (Fsp3) is 0.732. The van der Waals surface area contributed by atoms with Crippen LogP contribution in [0, 0.1) is 39.9 Å². The van der Waals surface area contributed by atoms with Crippen LogP contribution in [0.1, 0.15) is 113 Å². The number of hydrogen-bond acceptors (Lipinski definition) is 13. The molecule has 1 saturated heterocycles. The molecule has 3 aliphatic carbocycles. The van der Waals surface area contributed by atoms with Crippen LogP contribution in [0.15, 0.2) is 34.7 Å². The minimum Gasteiger partial charge on any atom is -0.472 e. The molecule has 0 spiro atoms. The number of cyclic esters (lactones) is 1. The minimum absolute atomic E-state index is 0.0507. The first-order valence-electron chi connectivity index (χ1n) is 19.2. The summed E-state index contributed by atoms with van der Waals surface area (Å²) >= 11 is 0. The van der Waals surface area contributed by atoms with Crippen molar-refractivity contribution in [2.45, 2.75) is 143 Å². The van der Waals surface area contributed by atoms with Gasteiger partial charge in [0, 0.05) is 41.9 Å². The molecule has 1 aromatic rings. The van der Waals surface area contributed by atoms with Gasteiger partial charge in [-0.05, 0) is 55.6 Å². The number of carbonyl (C=O) groups excluding carboxylic acids is 5. The molecule has 4 aliphatic rings. The van der Waals surface area contributed by atoms with Crippen LogP contribution in [0.3, 0.4) is 0 Å². The zero-order valence-corrected chi connectivity index (χ0v) is 33.2. The molecule has 3 fully saturated rings. The van der Waals surface area contributed by atoms with Gasteiger partial charge < -0.3 is 38.3 Å². The Morgan fingerprint density at radius 1 is 0.870 bits per heavy atom. The SMILES string of the molecule is CCC(C)C(O)C(=O)OCC1(C)OC(=O)CC(OC(C)=O)C2(C)C1CC(OC(=O)C(O)C(C)C)C1(C)C3=CCC(c4ccoc4)C3(C)C(OC(C)=O)CC12. The maximum absolute atomic E-state index is 13.8. The lowest BCUT2D eigenvalue weighted by Gasteiger charge is -2.67. The summed E-state index contributed by atoms with van der Waals surface area (Å²) in [6.07, 6.45) is 0.836. The maximum Gasteiger partial charge on any atom is 0.335 e. The summed E-state index contributed by atoms with van der Waals surface area (Å²) in [6.45, 7) is 16.7. The van der Waals surface area contributed by atoms with Crippen molar-refractivity contribution in [2.75, 3.05) is 6.61 Å². The zero-order valence-electron chi connectivity index (χ0n) is 33.2. The van der Waals surface area contributed by atoms with Crippen LogP contribution >= 0.6 is 0 Å². The molecule has 5 rings (SSSR count). The fourth-order valence-corrected chi connectivity index (χ4v) is 10.6. The van der Waals surface area contributed by atoms with Gasteiger partial charge in [-0.25, -0.2) is 9.59 Å². The molecular formula is C41H58O13. The largest absolute Gasteiger partial charge is 0.472 e. The van der Waals surface area contributed by atoms with E-state index >= 15 is 0 Å². The average Bonchev–Trinajstić information content (AvgIpc) is 3.74. The van der Waals surface area contributed by atoms with Crippen LogP contribution in [0.25, 0.3) is 0 Å². The number of ether oxygens (including phenoxy) is 5. The Balaban J connectivity index is 1.73. The van der Waals surface area contributed by atoms with E-state index in [1.165, 1.54) is 13.8 Å². The van der Waals surface area contributed by atoms with Gasteiger partial charge in [-0.1, -0.05) is 66.5 Å². The Morgan fingerprint density at radius 2 is 1.48 bits per heavy atom. The smallest absolute Gasteiger partial charge is 0.335 e. The molecule has 2 saturated carbocycles. The fourth-order valence-electron chi connectivity index (χ4n) is 10.6. The van der Waals surface area contributed by atoms with Crippen molar-refractivity contribution < 1.29 is 62.3 Å². The van der Waals surface area contributed by atoms with Crippen LogP contribution in [0.5, 0.6) is 0 Å². The molecule has 2 N–H and O–H groups in total. The van der Waals surface area contributed by atoms with Crippen LogP contribution in [-0.2, 0) is 47.7 Å². The Labute approximate surface area is 317 Å². The van der Waals surface area contributed by atoms with Crippen molar-refractivity contribution >= 4 is 29.8 Å². The first-order chi connectivity index (χ1) is 25.2. The second-order valence-corrected chi connectivity index (χ2v) is 17.2. The standard InChI is InChI=1S/C41H58O13/c1-11-22(4)35(46)36(47)50-20-38(7)28-16-31(53-37(48)34(45)21(2)3)40(9)27-13-12-26(25-14-15-49-19-25)39(27,8)30(51-23(5)42)17-29(40)41(28,10)32(52-24(6)43)18-33(44)54-38/h13-15,19,21-22,26,28-32,34-35,45-46H,11-12,16-18,20H2,1-10H3. The summed E-state index contributed by atoms with van der Waals surface area (Å²) in [7, 11) is 0. The molecule has 13 heteroatoms. The molecule has 13 unspecified atom stereocenters. The van der Waals surface area contributed by atoms with Crippen LogP contribution in [0.2, 0.25) is 0 Å². The normalized spacial score (nSPS) is 37.6. The highest BCUT2D eigenvalue weighted by Gasteiger charge is 2.74. The summed E-state index contributed by atoms with van der Waals surface area (Å²) in [5.41, 5.74) is -2.79. The highest BCUT2D eigenvalue weighted by atomic mass is 16.6. The van der Waals surface area contributed by atoms with Crippen molar-refractivity contribution in [3.05, 3.63) is 35.8 Å². The lowest BCUT2D eigenvalue weighted by atomic mass is 9.39. The van der Waals surface area contributed by atoms with Gasteiger partial charge in [-0.3, -0.25) is 14.4 Å². The van der Waals surface area contributed by atoms with Crippen LogP contribution in [-0.4, -0.2) is 82.8 Å². The minimum atomic E-state index is -1.57. The molecule has 0 bridgehead atoms. The van der Waals surface area contributed by atoms with Gasteiger partial charge in [-0.2, -0.15) is 0 Å². The van der Waals surface area contributed by atoms with Crippen molar-refractivity contribution in [3.63, 3.8) is 0 Å². The zero-order chi connectivity index (χ0) is 40.1. The number of aliphatic hydroxyl groups is 2. The molecule has 54 heavy (non-hydrogen) atoms. The third-order valence-corrected chi connectivity index (χ3v) is 13.7. The average molecular weight is 759 g/mol. The van der Waals surface area contributed by atoms with E-state index in [0.717, 1.165) is 11.1 Å². The highest BCUT2D eigenvalue weighted by molar-refractivity contribution is 5.76. The number of allylic oxidation sites excluding steroid dienone is 1. The molecule has 13 atom stereocenters. The molecule has 1 aromatic heterocycles. The molecule has 0 aromatic carbocycles. The first kappa shape index (κ1) is 41.5. The van der Waals surface area contributed by atoms with Crippen molar-refractivity contribution in [1.29, 1.82) is 0 Å². The number of esters is 5. The van der Waals surface area contributed by atoms with Gasteiger partial charge in [0.2, 0.25) is 0 Å². The molecule has 2 heterocycles. The molecule has 1 aliphatic heterocycles. The predicted octanol–water partition coefficient (Wildman–Crippen LogP) is 5.20. The van der Waals surface area contributed by atoms with Gasteiger partial charge in [-0.15, -0.1) is 0 Å². The number of hydrogen-bond donors (Lipinski definition) is 2. The second kappa shape index (κ2) is 15.1. The number of aliphatic hydroxyl groups excluding tert-OH is 2. The van der Waals surface area contributed by atoms with E-state index in [-0.39, 0.29) is 25.2 Å². The third kappa shape index (κ3) is 6.88. The van der Waals surface area contributed by atoms with E-state index in [1.807, 2.05) is 33.8 Å². The lowest BCUT2D eigenvalue weighted by Crippen LogP contribution is -2.70. The van der Waals surface area contributed by atoms with Gasteiger partial charge in [0.15, 0.2) is 12.2 Å². The summed E-state index contributed by atoms with van der Waals surface area (Å²) in [4.78, 5) is 66.5. The second-order valence-electron chi connectivity index (χ2n) is 17.2. The first-order valence-corrected chi connectivity index (χ1v) is 19.2. The Bertz CT molecular complexity index is 1630. The quantitative estimate of drug-likeness (QED) is 0.171. The molecule has 13 nitrogen and oxygen atoms in total. The van der Waals surface area contributed by atoms with Gasteiger partial charge in [0.05, 0.1) is 18.9 Å². The summed E-state index contributed by atoms with van der Waals surface area (Å²) in [5, 5.41) is 21.6. The number of carbonyl (C=O) groups is 5. The van der Waals surface area contributed by atoms with Gasteiger partial charge in [0.1, 0.15) is 30.5 Å². The van der Waals surface area contributed by atoms with E-state index in [2.05, 4.69) is 6.08 Å². The maximum atomic E-state index is 13.8. The van der Waals surface area contributed by atoms with Crippen molar-refractivity contribution in [1.82, 2.24) is 0 Å². The molecule has 0 amide bonds. The molecule has 300 valence electrons. The van der Waals surface area contributed by atoms with E-state index in [9.17, 15) is 34.2 Å². The van der Waals surface area contributed by atoms with E-state index in [4.69, 9.17) is 28.1 Å². The van der Waals surface area contributed by atoms with E-state index in [1.54, 1.807) is 40.2 Å². The number of furan rings is 1. The molecule has 0 radical (unpaired) electrons. The summed E-state index contributed by atoms with van der Waals surface area (Å²) in [5.74, 6) is -5.93. The topological polar surface area (TPSA) is 185 Å². The van der Waals surface area contributed by atoms with E-state index in [0.29, 0.717) is 12.8 Å². The number of rotatable bonds is 11. The Morgan fingerprint density at radius 3 is 2.06 bits per heavy atom. The summed E-state index contributed by atoms with van der Waals surface area (Å²) in [6, 6.07) is 1.89. The van der Waals surface area contributed by atoms with Gasteiger partial charge >= 0.3 is 29.8 Å². The summed E-state index contributed by atoms with van der Waals surface area (Å²) < 4.78 is 36.1. The highest BCUT2D eigenvalue weighted by Crippen LogP contribution is 2.73. The van der Waals surface area contributed by atoms with Crippen LogP contribution < -0.4 is 0 Å². The molecular weight excluding hydrogens is 700 g/mol. The third-order valence-electron chi connectivity index (χ3n) is 13.7.